The number of rotatable bonds is 10. The van der Waals surface area contributed by atoms with Crippen LogP contribution >= 0.6 is 34.9 Å². The van der Waals surface area contributed by atoms with Gasteiger partial charge < -0.3 is 30.1 Å². The van der Waals surface area contributed by atoms with Crippen molar-refractivity contribution in [3.63, 3.8) is 0 Å². The van der Waals surface area contributed by atoms with Gasteiger partial charge in [-0.25, -0.2) is 9.59 Å². The Kier molecular flexibility index (Phi) is 10.2. The summed E-state index contributed by atoms with van der Waals surface area (Å²) >= 11 is 2.75. The molecule has 3 amide bonds. The zero-order chi connectivity index (χ0) is 31.6. The molecule has 1 aromatic carbocycles. The highest BCUT2D eigenvalue weighted by atomic mass is 32.2. The van der Waals surface area contributed by atoms with E-state index in [9.17, 15) is 33.9 Å². The molecule has 2 aliphatic heterocycles. The molecule has 4 unspecified atom stereocenters. The third-order valence-electron chi connectivity index (χ3n) is 6.14. The lowest BCUT2D eigenvalue weighted by atomic mass is 10.00. The number of nitrogens with zero attached hydrogens (tertiary/aromatic N) is 3. The molecule has 1 saturated heterocycles. The molecule has 1 fully saturated rings. The monoisotopic (exact) mass is 669 g/mol. The molecule has 17 heteroatoms. The smallest absolute Gasteiger partial charge is 0.408 e. The van der Waals surface area contributed by atoms with E-state index in [2.05, 4.69) is 20.8 Å². The number of amides is 3. The van der Waals surface area contributed by atoms with Crippen molar-refractivity contribution in [3.05, 3.63) is 45.6 Å². The number of carboxylic acid groups (broad SMARTS) is 1. The van der Waals surface area contributed by atoms with Crippen LogP contribution in [-0.4, -0.2) is 88.5 Å². The summed E-state index contributed by atoms with van der Waals surface area (Å²) in [7, 11) is 0. The number of thioether (sulfide) groups is 2. The van der Waals surface area contributed by atoms with Crippen molar-refractivity contribution in [2.45, 2.75) is 60.8 Å². The van der Waals surface area contributed by atoms with E-state index < -0.39 is 58.1 Å². The third kappa shape index (κ3) is 7.94. The topological polar surface area (TPSA) is 194 Å². The molecule has 0 radical (unpaired) electrons. The largest absolute Gasteiger partial charge is 0.616 e. The summed E-state index contributed by atoms with van der Waals surface area (Å²) in [5, 5.41) is 33.5. The lowest BCUT2D eigenvalue weighted by Crippen LogP contribution is -2.71. The quantitative estimate of drug-likeness (QED) is 0.164. The van der Waals surface area contributed by atoms with Crippen LogP contribution in [-0.2, 0) is 36.0 Å². The summed E-state index contributed by atoms with van der Waals surface area (Å²) in [6.45, 7) is 6.80. The normalized spacial score (nSPS) is 19.7. The molecule has 0 bridgehead atoms. The van der Waals surface area contributed by atoms with Gasteiger partial charge in [-0.2, -0.15) is 0 Å². The van der Waals surface area contributed by atoms with Crippen molar-refractivity contribution in [1.82, 2.24) is 25.7 Å². The van der Waals surface area contributed by atoms with Crippen molar-refractivity contribution in [2.75, 3.05) is 17.8 Å². The summed E-state index contributed by atoms with van der Waals surface area (Å²) in [6.07, 6.45) is 0.574. The number of phenols is 1. The number of fused-ring (bicyclic) bond motifs is 1. The van der Waals surface area contributed by atoms with E-state index in [-0.39, 0.29) is 22.8 Å². The second kappa shape index (κ2) is 13.3. The Morgan fingerprint density at radius 1 is 1.30 bits per heavy atom. The fourth-order valence-electron chi connectivity index (χ4n) is 4.36. The number of hydrogen-bond acceptors (Lipinski definition) is 12. The zero-order valence-electron chi connectivity index (χ0n) is 23.9. The molecule has 0 aliphatic carbocycles. The number of alkyl carbamates (subject to hydrolysis) is 1. The predicted octanol–water partition coefficient (Wildman–Crippen LogP) is 2.53. The molecule has 13 nitrogen and oxygen atoms in total. The Morgan fingerprint density at radius 2 is 2.02 bits per heavy atom. The fraction of sp³-hybridized carbons (Fsp3) is 0.462. The van der Waals surface area contributed by atoms with Crippen molar-refractivity contribution in [3.8, 4) is 5.75 Å². The third-order valence-corrected chi connectivity index (χ3v) is 10.3. The van der Waals surface area contributed by atoms with Gasteiger partial charge in [0.2, 0.25) is 5.91 Å². The Labute approximate surface area is 263 Å². The van der Waals surface area contributed by atoms with E-state index in [1.54, 1.807) is 20.8 Å². The minimum Gasteiger partial charge on any atom is -0.616 e. The standard InChI is InChI=1S/C26H31N5O8S4/c1-12-29-30-25(42-12)41-10-15-9-40-22-18(21(34)31(22)19(15)23(35)36)27-20(33)17(28-24(37)39-26(2,3)4)13-6-7-16(32)14(8-13)11-43(5)38/h6-8,17-18,22,32H,9-11H2,1-5H3,(H,27,33)(H,28,37)(H,35,36). The van der Waals surface area contributed by atoms with E-state index in [4.69, 9.17) is 4.74 Å². The van der Waals surface area contributed by atoms with E-state index in [0.717, 1.165) is 5.01 Å². The van der Waals surface area contributed by atoms with Crippen molar-refractivity contribution in [2.24, 2.45) is 0 Å². The molecule has 4 atom stereocenters. The van der Waals surface area contributed by atoms with Gasteiger partial charge in [0.15, 0.2) is 4.34 Å². The van der Waals surface area contributed by atoms with Crippen LogP contribution in [0.25, 0.3) is 0 Å². The first-order valence-electron chi connectivity index (χ1n) is 12.9. The highest BCUT2D eigenvalue weighted by molar-refractivity contribution is 8.01. The number of ether oxygens (including phenoxy) is 1. The van der Waals surface area contributed by atoms with E-state index in [1.807, 2.05) is 6.92 Å². The molecule has 232 valence electrons. The first kappa shape index (κ1) is 32.9. The summed E-state index contributed by atoms with van der Waals surface area (Å²) in [4.78, 5) is 52.9. The highest BCUT2D eigenvalue weighted by Gasteiger charge is 2.54. The van der Waals surface area contributed by atoms with E-state index >= 15 is 0 Å². The Morgan fingerprint density at radius 3 is 2.63 bits per heavy atom. The number of carbonyl (C=O) groups excluding carboxylic acids is 3. The molecule has 0 spiro atoms. The van der Waals surface area contributed by atoms with Crippen LogP contribution in [0.5, 0.6) is 5.75 Å². The van der Waals surface area contributed by atoms with Crippen LogP contribution in [0.2, 0.25) is 0 Å². The van der Waals surface area contributed by atoms with Gasteiger partial charge in [-0.1, -0.05) is 40.3 Å². The van der Waals surface area contributed by atoms with Gasteiger partial charge in [-0.15, -0.1) is 22.0 Å². The van der Waals surface area contributed by atoms with Crippen molar-refractivity contribution in [1.29, 1.82) is 0 Å². The van der Waals surface area contributed by atoms with Crippen LogP contribution in [0.15, 0.2) is 33.8 Å². The second-order valence-electron chi connectivity index (χ2n) is 10.7. The number of hydrogen-bond donors (Lipinski definition) is 4. The summed E-state index contributed by atoms with van der Waals surface area (Å²) in [6, 6.07) is 1.82. The molecular weight excluding hydrogens is 639 g/mol. The molecule has 3 heterocycles. The van der Waals surface area contributed by atoms with Crippen LogP contribution < -0.4 is 10.6 Å². The summed E-state index contributed by atoms with van der Waals surface area (Å²) in [5.41, 5.74) is 0.143. The van der Waals surface area contributed by atoms with Crippen LogP contribution in [0.1, 0.15) is 42.9 Å². The number of aryl methyl sites for hydroxylation is 1. The van der Waals surface area contributed by atoms with Crippen LogP contribution in [0.4, 0.5) is 4.79 Å². The number of carbonyl (C=O) groups is 4. The minimum atomic E-state index is -1.34. The number of benzene rings is 1. The van der Waals surface area contributed by atoms with Gasteiger partial charge in [-0.3, -0.25) is 14.5 Å². The maximum Gasteiger partial charge on any atom is 0.408 e. The Balaban J connectivity index is 1.54. The number of phenolic OH excluding ortho intramolecular Hbond substituents is 1. The lowest BCUT2D eigenvalue weighted by Gasteiger charge is -2.49. The van der Waals surface area contributed by atoms with Gasteiger partial charge in [0.05, 0.1) is 6.26 Å². The van der Waals surface area contributed by atoms with Gasteiger partial charge >= 0.3 is 12.1 Å². The predicted molar refractivity (Wildman–Crippen MR) is 163 cm³/mol. The molecule has 0 saturated carbocycles. The van der Waals surface area contributed by atoms with Crippen LogP contribution in [0.3, 0.4) is 0 Å². The van der Waals surface area contributed by atoms with Crippen molar-refractivity contribution >= 4 is 69.9 Å². The molecule has 2 aliphatic rings. The Bertz CT molecular complexity index is 1460. The number of β-lactam (4-membered cyclic amide) rings is 1. The molecule has 43 heavy (non-hydrogen) atoms. The second-order valence-corrected chi connectivity index (χ2v) is 15.7. The SMILES string of the molecule is Cc1nnc(SCC2=C(C(=O)O)N3C(=O)C(NC(=O)C(NC(=O)OC(C)(C)C)c4ccc(O)c(C[S+](C)[O-])c4)C3SC2)s1. The van der Waals surface area contributed by atoms with E-state index in [1.165, 1.54) is 64.2 Å². The van der Waals surface area contributed by atoms with E-state index in [0.29, 0.717) is 27.0 Å². The number of carboxylic acids is 1. The average Bonchev–Trinajstić information content (AvgIpc) is 3.33. The fourth-order valence-corrected chi connectivity index (χ4v) is 8.33. The van der Waals surface area contributed by atoms with Crippen molar-refractivity contribution < 1.29 is 38.7 Å². The number of nitrogens with one attached hydrogen (secondary N) is 2. The minimum absolute atomic E-state index is 0.0127. The molecule has 2 aromatic rings. The maximum atomic E-state index is 13.6. The van der Waals surface area contributed by atoms with Gasteiger partial charge in [0, 0.05) is 17.1 Å². The average molecular weight is 670 g/mol. The number of aromatic hydroxyl groups is 1. The van der Waals surface area contributed by atoms with Gasteiger partial charge in [0.1, 0.15) is 45.3 Å². The number of aromatic nitrogens is 2. The highest BCUT2D eigenvalue weighted by Crippen LogP contribution is 2.42. The first-order chi connectivity index (χ1) is 20.1. The molecule has 4 N–H and O–H groups in total. The molecular formula is C26H31N5O8S4. The molecule has 1 aromatic heterocycles. The maximum absolute atomic E-state index is 13.6. The van der Waals surface area contributed by atoms with Gasteiger partial charge in [0.25, 0.3) is 5.91 Å². The zero-order valence-corrected chi connectivity index (χ0v) is 27.2. The summed E-state index contributed by atoms with van der Waals surface area (Å²) in [5.74, 6) is -2.07. The summed E-state index contributed by atoms with van der Waals surface area (Å²) < 4.78 is 17.8. The molecule has 4 rings (SSSR count). The lowest BCUT2D eigenvalue weighted by molar-refractivity contribution is -0.151. The number of aliphatic carboxylic acids is 1. The Hall–Kier alpha value is -2.99. The van der Waals surface area contributed by atoms with Crippen LogP contribution in [0, 0.1) is 6.92 Å². The van der Waals surface area contributed by atoms with Gasteiger partial charge in [-0.05, 0) is 51.0 Å². The first-order valence-corrected chi connectivity index (χ1v) is 17.5.